The number of methoxy groups -OCH3 is 1. The molecular formula is C9H16O4. The Labute approximate surface area is 77.9 Å². The normalized spacial score (nSPS) is 14.7. The van der Waals surface area contributed by atoms with Crippen LogP contribution in [0.25, 0.3) is 0 Å². The molecule has 0 saturated heterocycles. The maximum Gasteiger partial charge on any atom is 0.305 e. The molecule has 0 aromatic heterocycles. The topological polar surface area (TPSA) is 63.6 Å². The van der Waals surface area contributed by atoms with Gasteiger partial charge in [0.2, 0.25) is 0 Å². The minimum Gasteiger partial charge on any atom is -0.481 e. The Morgan fingerprint density at radius 2 is 1.69 bits per heavy atom. The van der Waals surface area contributed by atoms with Crippen LogP contribution in [-0.2, 0) is 14.3 Å². The van der Waals surface area contributed by atoms with E-state index in [9.17, 15) is 9.59 Å². The van der Waals surface area contributed by atoms with Crippen molar-refractivity contribution in [1.82, 2.24) is 0 Å². The molecule has 0 aromatic rings. The lowest BCUT2D eigenvalue weighted by molar-refractivity contribution is -0.143. The molecule has 1 N–H and O–H groups in total. The van der Waals surface area contributed by atoms with Crippen LogP contribution in [0.1, 0.15) is 26.7 Å². The smallest absolute Gasteiger partial charge is 0.305 e. The van der Waals surface area contributed by atoms with Gasteiger partial charge < -0.3 is 9.84 Å². The molecule has 0 aliphatic heterocycles. The van der Waals surface area contributed by atoms with Crippen LogP contribution in [0.15, 0.2) is 0 Å². The number of carbonyl (C=O) groups is 2. The lowest BCUT2D eigenvalue weighted by atomic mass is 9.90. The van der Waals surface area contributed by atoms with Crippen LogP contribution < -0.4 is 0 Å². The van der Waals surface area contributed by atoms with Gasteiger partial charge >= 0.3 is 11.9 Å². The van der Waals surface area contributed by atoms with E-state index in [1.54, 1.807) is 0 Å². The Balaban J connectivity index is 3.88. The Kier molecular flexibility index (Phi) is 5.11. The van der Waals surface area contributed by atoms with Gasteiger partial charge in [0.1, 0.15) is 0 Å². The molecule has 0 aromatic carbocycles. The number of ether oxygens (including phenoxy) is 1. The van der Waals surface area contributed by atoms with Crippen LogP contribution in [0, 0.1) is 11.8 Å². The average molecular weight is 188 g/mol. The highest BCUT2D eigenvalue weighted by Gasteiger charge is 2.18. The molecule has 4 heteroatoms. The van der Waals surface area contributed by atoms with Gasteiger partial charge in [-0.05, 0) is 11.8 Å². The monoisotopic (exact) mass is 188 g/mol. The molecule has 0 fully saturated rings. The highest BCUT2D eigenvalue weighted by atomic mass is 16.5. The maximum atomic E-state index is 10.8. The summed E-state index contributed by atoms with van der Waals surface area (Å²) in [6.45, 7) is 3.67. The fourth-order valence-electron chi connectivity index (χ4n) is 1.02. The summed E-state index contributed by atoms with van der Waals surface area (Å²) in [5, 5.41) is 8.51. The molecule has 0 spiro atoms. The first-order valence-corrected chi connectivity index (χ1v) is 4.26. The van der Waals surface area contributed by atoms with Crippen molar-refractivity contribution < 1.29 is 19.4 Å². The average Bonchev–Trinajstić information content (AvgIpc) is 2.02. The largest absolute Gasteiger partial charge is 0.481 e. The zero-order chi connectivity index (χ0) is 10.4. The van der Waals surface area contributed by atoms with Crippen LogP contribution in [-0.4, -0.2) is 24.2 Å². The Morgan fingerprint density at radius 1 is 1.23 bits per heavy atom. The number of hydrogen-bond acceptors (Lipinski definition) is 3. The third-order valence-corrected chi connectivity index (χ3v) is 2.18. The lowest BCUT2D eigenvalue weighted by Crippen LogP contribution is -2.17. The van der Waals surface area contributed by atoms with Crippen molar-refractivity contribution in [1.29, 1.82) is 0 Å². The van der Waals surface area contributed by atoms with E-state index in [1.165, 1.54) is 7.11 Å². The summed E-state index contributed by atoms with van der Waals surface area (Å²) < 4.78 is 4.49. The zero-order valence-electron chi connectivity index (χ0n) is 8.24. The van der Waals surface area contributed by atoms with Crippen LogP contribution in [0.2, 0.25) is 0 Å². The molecular weight excluding hydrogens is 172 g/mol. The van der Waals surface area contributed by atoms with E-state index >= 15 is 0 Å². The van der Waals surface area contributed by atoms with E-state index in [-0.39, 0.29) is 30.6 Å². The standard InChI is InChI=1S/C9H16O4/c1-6(4-8(10)11)7(2)5-9(12)13-3/h6-7H,4-5H2,1-3H3,(H,10,11). The fraction of sp³-hybridized carbons (Fsp3) is 0.778. The molecule has 0 amide bonds. The molecule has 2 atom stereocenters. The minimum atomic E-state index is -0.829. The van der Waals surface area contributed by atoms with Crippen LogP contribution in [0.3, 0.4) is 0 Å². The van der Waals surface area contributed by atoms with Gasteiger partial charge in [0.25, 0.3) is 0 Å². The second-order valence-corrected chi connectivity index (χ2v) is 3.33. The number of hydrogen-bond donors (Lipinski definition) is 1. The van der Waals surface area contributed by atoms with Gasteiger partial charge in [-0.1, -0.05) is 13.8 Å². The fourth-order valence-corrected chi connectivity index (χ4v) is 1.02. The van der Waals surface area contributed by atoms with E-state index in [0.717, 1.165) is 0 Å². The lowest BCUT2D eigenvalue weighted by Gasteiger charge is -2.16. The maximum absolute atomic E-state index is 10.8. The van der Waals surface area contributed by atoms with Crippen molar-refractivity contribution in [2.75, 3.05) is 7.11 Å². The van der Waals surface area contributed by atoms with Crippen molar-refractivity contribution in [3.8, 4) is 0 Å². The van der Waals surface area contributed by atoms with E-state index in [4.69, 9.17) is 5.11 Å². The van der Waals surface area contributed by atoms with Crippen LogP contribution >= 0.6 is 0 Å². The highest BCUT2D eigenvalue weighted by molar-refractivity contribution is 5.70. The Bertz CT molecular complexity index is 188. The van der Waals surface area contributed by atoms with E-state index < -0.39 is 5.97 Å². The number of carbonyl (C=O) groups excluding carboxylic acids is 1. The van der Waals surface area contributed by atoms with Crippen molar-refractivity contribution >= 4 is 11.9 Å². The number of esters is 1. The summed E-state index contributed by atoms with van der Waals surface area (Å²) in [4.78, 5) is 21.2. The first-order chi connectivity index (χ1) is 5.97. The van der Waals surface area contributed by atoms with Crippen molar-refractivity contribution in [3.05, 3.63) is 0 Å². The number of aliphatic carboxylic acids is 1. The number of rotatable bonds is 5. The van der Waals surface area contributed by atoms with Gasteiger partial charge in [0.05, 0.1) is 7.11 Å². The molecule has 76 valence electrons. The van der Waals surface area contributed by atoms with Crippen molar-refractivity contribution in [3.63, 3.8) is 0 Å². The summed E-state index contributed by atoms with van der Waals surface area (Å²) in [6.07, 6.45) is 0.378. The summed E-state index contributed by atoms with van der Waals surface area (Å²) in [5.41, 5.74) is 0. The van der Waals surface area contributed by atoms with Gasteiger partial charge in [0, 0.05) is 12.8 Å². The molecule has 0 bridgehead atoms. The molecule has 4 nitrogen and oxygen atoms in total. The Morgan fingerprint density at radius 3 is 2.08 bits per heavy atom. The number of carboxylic acids is 1. The van der Waals surface area contributed by atoms with Gasteiger partial charge in [0.15, 0.2) is 0 Å². The van der Waals surface area contributed by atoms with Gasteiger partial charge in [-0.2, -0.15) is 0 Å². The molecule has 0 aliphatic carbocycles. The quantitative estimate of drug-likeness (QED) is 0.660. The highest BCUT2D eigenvalue weighted by Crippen LogP contribution is 2.18. The zero-order valence-corrected chi connectivity index (χ0v) is 8.24. The first kappa shape index (κ1) is 11.9. The molecule has 0 aliphatic rings. The third kappa shape index (κ3) is 5.22. The molecule has 0 heterocycles. The van der Waals surface area contributed by atoms with Crippen molar-refractivity contribution in [2.45, 2.75) is 26.7 Å². The van der Waals surface area contributed by atoms with E-state index in [1.807, 2.05) is 13.8 Å². The summed E-state index contributed by atoms with van der Waals surface area (Å²) >= 11 is 0. The second kappa shape index (κ2) is 5.56. The number of carboxylic acid groups (broad SMARTS) is 1. The van der Waals surface area contributed by atoms with Gasteiger partial charge in [-0.3, -0.25) is 9.59 Å². The third-order valence-electron chi connectivity index (χ3n) is 2.18. The van der Waals surface area contributed by atoms with Gasteiger partial charge in [-0.25, -0.2) is 0 Å². The minimum absolute atomic E-state index is 0.00315. The Hall–Kier alpha value is -1.06. The van der Waals surface area contributed by atoms with Gasteiger partial charge in [-0.15, -0.1) is 0 Å². The predicted molar refractivity (Wildman–Crippen MR) is 47.2 cm³/mol. The van der Waals surface area contributed by atoms with Crippen molar-refractivity contribution in [2.24, 2.45) is 11.8 Å². The molecule has 0 rings (SSSR count). The summed E-state index contributed by atoms with van der Waals surface area (Å²) in [6, 6.07) is 0. The summed E-state index contributed by atoms with van der Waals surface area (Å²) in [5.74, 6) is -1.07. The summed E-state index contributed by atoms with van der Waals surface area (Å²) in [7, 11) is 1.33. The molecule has 2 unspecified atom stereocenters. The first-order valence-electron chi connectivity index (χ1n) is 4.26. The van der Waals surface area contributed by atoms with Crippen LogP contribution in [0.5, 0.6) is 0 Å². The molecule has 13 heavy (non-hydrogen) atoms. The molecule has 0 radical (unpaired) electrons. The predicted octanol–water partition coefficient (Wildman–Crippen LogP) is 1.30. The van der Waals surface area contributed by atoms with E-state index in [2.05, 4.69) is 4.74 Å². The molecule has 0 saturated carbocycles. The second-order valence-electron chi connectivity index (χ2n) is 3.33. The SMILES string of the molecule is COC(=O)CC(C)C(C)CC(=O)O. The van der Waals surface area contributed by atoms with Crippen LogP contribution in [0.4, 0.5) is 0 Å². The van der Waals surface area contributed by atoms with E-state index in [0.29, 0.717) is 0 Å².